The molecule has 1 amide bonds. The Bertz CT molecular complexity index is 623. The lowest BCUT2D eigenvalue weighted by atomic mass is 9.70. The lowest BCUT2D eigenvalue weighted by Crippen LogP contribution is -2.53. The number of aldehydes is 1. The summed E-state index contributed by atoms with van der Waals surface area (Å²) >= 11 is 3.48. The van der Waals surface area contributed by atoms with Crippen molar-refractivity contribution in [3.05, 3.63) is 33.8 Å². The standard InChI is InChI=1S/C17H22BrNO2.C4H10.CH2F2O/c1-12-8-9-15(18)10-16(12)17(11-20,19-13(2)21)14-6-4-3-5-7-14;1-4(2)3;2-1(3)4/h8-11,14H,3-7H2,1-2H3,(H,19,21);4H,1-3H3;1,4H. The number of alkyl halides is 2. The van der Waals surface area contributed by atoms with Crippen LogP contribution in [-0.4, -0.2) is 23.9 Å². The number of aliphatic hydroxyl groups excluding tert-OH is 1. The van der Waals surface area contributed by atoms with Gasteiger partial charge in [0.2, 0.25) is 5.91 Å². The highest BCUT2D eigenvalue weighted by atomic mass is 79.9. The Balaban J connectivity index is 0.000000837. The summed E-state index contributed by atoms with van der Waals surface area (Å²) < 4.78 is 20.7. The number of aryl methyl sites for hydroxylation is 1. The summed E-state index contributed by atoms with van der Waals surface area (Å²) in [5, 5.41) is 9.69. The summed E-state index contributed by atoms with van der Waals surface area (Å²) in [6, 6.07) is 5.92. The zero-order valence-corrected chi connectivity index (χ0v) is 19.6. The molecule has 2 N–H and O–H groups in total. The highest BCUT2D eigenvalue weighted by Crippen LogP contribution is 2.40. The van der Waals surface area contributed by atoms with E-state index in [9.17, 15) is 18.4 Å². The second kappa shape index (κ2) is 13.8. The molecule has 0 saturated heterocycles. The molecule has 1 saturated carbocycles. The zero-order chi connectivity index (χ0) is 22.6. The molecule has 0 radical (unpaired) electrons. The van der Waals surface area contributed by atoms with Crippen LogP contribution in [0.4, 0.5) is 8.78 Å². The van der Waals surface area contributed by atoms with Gasteiger partial charge in [-0.05, 0) is 54.9 Å². The molecular weight excluding hydrogens is 444 g/mol. The second-order valence-electron chi connectivity index (χ2n) is 7.97. The number of carbonyl (C=O) groups excluding carboxylic acids is 2. The van der Waals surface area contributed by atoms with Crippen molar-refractivity contribution in [2.75, 3.05) is 0 Å². The first-order valence-corrected chi connectivity index (χ1v) is 10.7. The summed E-state index contributed by atoms with van der Waals surface area (Å²) in [6.45, 7) is 6.80. The maximum Gasteiger partial charge on any atom is 0.342 e. The number of aliphatic hydroxyl groups is 1. The number of hydrogen-bond acceptors (Lipinski definition) is 3. The third kappa shape index (κ3) is 10.3. The van der Waals surface area contributed by atoms with Gasteiger partial charge in [-0.3, -0.25) is 4.79 Å². The third-order valence-electron chi connectivity index (χ3n) is 4.46. The smallest absolute Gasteiger partial charge is 0.340 e. The second-order valence-corrected chi connectivity index (χ2v) is 8.89. The van der Waals surface area contributed by atoms with Crippen molar-refractivity contribution in [3.8, 4) is 0 Å². The van der Waals surface area contributed by atoms with Gasteiger partial charge in [0.05, 0.1) is 0 Å². The summed E-state index contributed by atoms with van der Waals surface area (Å²) in [5.41, 5.74) is 1.04. The van der Waals surface area contributed by atoms with Crippen LogP contribution in [0.5, 0.6) is 0 Å². The summed E-state index contributed by atoms with van der Waals surface area (Å²) in [4.78, 5) is 23.8. The van der Waals surface area contributed by atoms with Crippen molar-refractivity contribution < 1.29 is 23.5 Å². The summed E-state index contributed by atoms with van der Waals surface area (Å²) in [6.07, 6.45) is 6.35. The molecule has 0 spiro atoms. The normalized spacial score (nSPS) is 16.1. The molecule has 4 nitrogen and oxygen atoms in total. The largest absolute Gasteiger partial charge is 0.342 e. The van der Waals surface area contributed by atoms with Crippen LogP contribution in [0.3, 0.4) is 0 Å². The van der Waals surface area contributed by atoms with E-state index in [1.54, 1.807) is 0 Å². The van der Waals surface area contributed by atoms with Crippen molar-refractivity contribution in [1.29, 1.82) is 0 Å². The van der Waals surface area contributed by atoms with Gasteiger partial charge in [0, 0.05) is 11.4 Å². The van der Waals surface area contributed by atoms with Gasteiger partial charge >= 0.3 is 6.61 Å². The number of halogens is 3. The van der Waals surface area contributed by atoms with Crippen LogP contribution in [0, 0.1) is 18.8 Å². The van der Waals surface area contributed by atoms with Gasteiger partial charge in [0.1, 0.15) is 11.8 Å². The predicted octanol–water partition coefficient (Wildman–Crippen LogP) is 5.73. The minimum absolute atomic E-state index is 0.160. The fourth-order valence-corrected chi connectivity index (χ4v) is 3.83. The average molecular weight is 478 g/mol. The topological polar surface area (TPSA) is 66.4 Å². The maximum absolute atomic E-state index is 12.1. The Morgan fingerprint density at radius 3 is 2.14 bits per heavy atom. The van der Waals surface area contributed by atoms with E-state index < -0.39 is 12.2 Å². The fourth-order valence-electron chi connectivity index (χ4n) is 3.47. The molecule has 1 atom stereocenters. The molecule has 0 bridgehead atoms. The molecule has 1 aromatic carbocycles. The summed E-state index contributed by atoms with van der Waals surface area (Å²) in [5.74, 6) is 0.840. The molecule has 1 fully saturated rings. The van der Waals surface area contributed by atoms with Crippen molar-refractivity contribution >= 4 is 28.1 Å². The van der Waals surface area contributed by atoms with Crippen molar-refractivity contribution in [2.24, 2.45) is 11.8 Å². The molecule has 1 aliphatic rings. The lowest BCUT2D eigenvalue weighted by Gasteiger charge is -2.40. The Kier molecular flexibility index (Phi) is 13.2. The Hall–Kier alpha value is -1.34. The molecule has 0 heterocycles. The minimum atomic E-state index is -3.17. The highest BCUT2D eigenvalue weighted by molar-refractivity contribution is 9.10. The predicted molar refractivity (Wildman–Crippen MR) is 116 cm³/mol. The number of benzene rings is 1. The van der Waals surface area contributed by atoms with E-state index in [2.05, 4.69) is 42.0 Å². The maximum atomic E-state index is 12.1. The van der Waals surface area contributed by atoms with Gasteiger partial charge in [-0.15, -0.1) is 0 Å². The molecule has 1 aliphatic carbocycles. The molecule has 29 heavy (non-hydrogen) atoms. The fraction of sp³-hybridized carbons (Fsp3) is 0.636. The number of amides is 1. The summed E-state index contributed by atoms with van der Waals surface area (Å²) in [7, 11) is 0. The Labute approximate surface area is 181 Å². The zero-order valence-electron chi connectivity index (χ0n) is 18.0. The van der Waals surface area contributed by atoms with Crippen molar-refractivity contribution in [2.45, 2.75) is 78.9 Å². The van der Waals surface area contributed by atoms with Crippen LogP contribution < -0.4 is 5.32 Å². The third-order valence-corrected chi connectivity index (χ3v) is 4.96. The number of carbonyl (C=O) groups is 2. The van der Waals surface area contributed by atoms with Crippen LogP contribution >= 0.6 is 15.9 Å². The molecule has 1 unspecified atom stereocenters. The van der Waals surface area contributed by atoms with Gasteiger partial charge in [-0.25, -0.2) is 0 Å². The Morgan fingerprint density at radius 1 is 1.24 bits per heavy atom. The molecule has 166 valence electrons. The minimum Gasteiger partial charge on any atom is -0.340 e. The first kappa shape index (κ1) is 27.7. The number of rotatable bonds is 4. The quantitative estimate of drug-likeness (QED) is 0.543. The van der Waals surface area contributed by atoms with Crippen LogP contribution in [-0.2, 0) is 15.1 Å². The van der Waals surface area contributed by atoms with Gasteiger partial charge in [0.15, 0.2) is 0 Å². The Morgan fingerprint density at radius 2 is 1.72 bits per heavy atom. The molecule has 0 aromatic heterocycles. The molecule has 2 rings (SSSR count). The average Bonchev–Trinajstić information content (AvgIpc) is 2.61. The van der Waals surface area contributed by atoms with Gasteiger partial charge in [-0.1, -0.05) is 62.0 Å². The SMILES string of the molecule is CC(=O)NC(C=O)(c1cc(Br)ccc1C)C1CCCCC1.CC(C)C.OC(F)F. The van der Waals surface area contributed by atoms with E-state index in [-0.39, 0.29) is 11.8 Å². The number of hydrogen-bond donors (Lipinski definition) is 2. The van der Waals surface area contributed by atoms with Crippen LogP contribution in [0.2, 0.25) is 0 Å². The first-order valence-electron chi connectivity index (χ1n) is 9.94. The van der Waals surface area contributed by atoms with Crippen LogP contribution in [0.1, 0.15) is 70.9 Å². The van der Waals surface area contributed by atoms with E-state index in [4.69, 9.17) is 5.11 Å². The van der Waals surface area contributed by atoms with Gasteiger partial charge in [0.25, 0.3) is 0 Å². The lowest BCUT2D eigenvalue weighted by molar-refractivity contribution is -0.127. The van der Waals surface area contributed by atoms with E-state index in [1.165, 1.54) is 13.3 Å². The number of nitrogens with one attached hydrogen (secondary N) is 1. The molecule has 1 aromatic rings. The van der Waals surface area contributed by atoms with E-state index in [0.717, 1.165) is 53.5 Å². The van der Waals surface area contributed by atoms with E-state index in [0.29, 0.717) is 0 Å². The monoisotopic (exact) mass is 477 g/mol. The van der Waals surface area contributed by atoms with E-state index >= 15 is 0 Å². The molecule has 7 heteroatoms. The van der Waals surface area contributed by atoms with Crippen LogP contribution in [0.25, 0.3) is 0 Å². The molecular formula is C22H34BrF2NO3. The van der Waals surface area contributed by atoms with Gasteiger partial charge < -0.3 is 15.2 Å². The van der Waals surface area contributed by atoms with Crippen molar-refractivity contribution in [1.82, 2.24) is 5.32 Å². The van der Waals surface area contributed by atoms with Crippen molar-refractivity contribution in [3.63, 3.8) is 0 Å². The van der Waals surface area contributed by atoms with Gasteiger partial charge in [-0.2, -0.15) is 8.78 Å². The highest BCUT2D eigenvalue weighted by Gasteiger charge is 2.42. The van der Waals surface area contributed by atoms with Crippen LogP contribution in [0.15, 0.2) is 22.7 Å². The first-order chi connectivity index (χ1) is 13.5. The van der Waals surface area contributed by atoms with E-state index in [1.807, 2.05) is 25.1 Å². The molecule has 0 aliphatic heterocycles.